The molecule has 1 unspecified atom stereocenters. The highest BCUT2D eigenvalue weighted by atomic mass is 32.1. The number of hydrogen-bond acceptors (Lipinski definition) is 10. The SMILES string of the molecule is COc1nc2c3c(c(C(F)(F)F)c(-c4cc(F)c(F)c5sc(N)c(C#N)c45)c(F)c3n1)OCCN2C(C)c1cccnc1N. The van der Waals surface area contributed by atoms with Gasteiger partial charge in [0.15, 0.2) is 17.5 Å². The van der Waals surface area contributed by atoms with Crippen molar-refractivity contribution in [1.29, 1.82) is 5.26 Å². The Kier molecular flexibility index (Phi) is 6.80. The van der Waals surface area contributed by atoms with Crippen LogP contribution in [-0.2, 0) is 6.18 Å². The average molecular weight is 632 g/mol. The summed E-state index contributed by atoms with van der Waals surface area (Å²) >= 11 is 0.449. The summed E-state index contributed by atoms with van der Waals surface area (Å²) in [5.74, 6) is -5.41. The maximum atomic E-state index is 16.8. The first-order valence-electron chi connectivity index (χ1n) is 12.8. The molecule has 0 aliphatic carbocycles. The third-order valence-electron chi connectivity index (χ3n) is 7.37. The zero-order chi connectivity index (χ0) is 31.7. The summed E-state index contributed by atoms with van der Waals surface area (Å²) in [4.78, 5) is 13.9. The summed E-state index contributed by atoms with van der Waals surface area (Å²) < 4.78 is 102. The number of halogens is 6. The van der Waals surface area contributed by atoms with Gasteiger partial charge in [0, 0.05) is 22.7 Å². The van der Waals surface area contributed by atoms with Crippen molar-refractivity contribution in [2.45, 2.75) is 19.1 Å². The maximum absolute atomic E-state index is 16.8. The fourth-order valence-electron chi connectivity index (χ4n) is 5.45. The largest absolute Gasteiger partial charge is 0.490 e. The third-order valence-corrected chi connectivity index (χ3v) is 8.38. The normalized spacial score (nSPS) is 13.9. The topological polar surface area (TPSA) is 136 Å². The highest BCUT2D eigenvalue weighted by Gasteiger charge is 2.44. The molecule has 0 amide bonds. The van der Waals surface area contributed by atoms with Gasteiger partial charge in [-0.3, -0.25) is 0 Å². The first-order valence-corrected chi connectivity index (χ1v) is 13.6. The van der Waals surface area contributed by atoms with E-state index < -0.39 is 84.7 Å². The first kappa shape index (κ1) is 29.1. The van der Waals surface area contributed by atoms with Crippen molar-refractivity contribution in [3.8, 4) is 29.0 Å². The van der Waals surface area contributed by atoms with Gasteiger partial charge < -0.3 is 25.8 Å². The van der Waals surface area contributed by atoms with Crippen molar-refractivity contribution in [3.63, 3.8) is 0 Å². The lowest BCUT2D eigenvalue weighted by Crippen LogP contribution is -2.31. The molecule has 0 bridgehead atoms. The lowest BCUT2D eigenvalue weighted by molar-refractivity contribution is -0.138. The van der Waals surface area contributed by atoms with Gasteiger partial charge >= 0.3 is 12.2 Å². The average Bonchev–Trinajstić information content (AvgIpc) is 3.21. The Bertz CT molecular complexity index is 2040. The van der Waals surface area contributed by atoms with E-state index in [2.05, 4.69) is 15.0 Å². The predicted molar refractivity (Wildman–Crippen MR) is 151 cm³/mol. The Labute approximate surface area is 248 Å². The number of hydrogen-bond donors (Lipinski definition) is 2. The van der Waals surface area contributed by atoms with Gasteiger partial charge in [0.2, 0.25) is 0 Å². The summed E-state index contributed by atoms with van der Waals surface area (Å²) in [6.07, 6.45) is -3.84. The maximum Gasteiger partial charge on any atom is 0.420 e. The number of fused-ring (bicyclic) bond motifs is 1. The molecular weight excluding hydrogens is 612 g/mol. The van der Waals surface area contributed by atoms with Crippen LogP contribution in [0.1, 0.15) is 29.7 Å². The van der Waals surface area contributed by atoms with Crippen LogP contribution < -0.4 is 25.8 Å². The van der Waals surface area contributed by atoms with Crippen LogP contribution >= 0.6 is 11.3 Å². The molecule has 1 aliphatic rings. The highest BCUT2D eigenvalue weighted by molar-refractivity contribution is 7.23. The second-order valence-corrected chi connectivity index (χ2v) is 10.8. The third kappa shape index (κ3) is 4.26. The predicted octanol–water partition coefficient (Wildman–Crippen LogP) is 6.35. The van der Waals surface area contributed by atoms with Gasteiger partial charge in [-0.1, -0.05) is 6.07 Å². The summed E-state index contributed by atoms with van der Waals surface area (Å²) in [7, 11) is 1.18. The summed E-state index contributed by atoms with van der Waals surface area (Å²) in [6.45, 7) is 1.33. The molecule has 226 valence electrons. The number of nitrogen functional groups attached to an aromatic ring is 2. The Balaban J connectivity index is 1.78. The molecule has 16 heteroatoms. The second-order valence-electron chi connectivity index (χ2n) is 9.72. The van der Waals surface area contributed by atoms with E-state index in [9.17, 15) is 14.0 Å². The van der Waals surface area contributed by atoms with Gasteiger partial charge in [0.1, 0.15) is 46.1 Å². The molecule has 3 aromatic heterocycles. The van der Waals surface area contributed by atoms with Crippen LogP contribution in [0.15, 0.2) is 24.4 Å². The fourth-order valence-corrected chi connectivity index (χ4v) is 6.42. The number of methoxy groups -OCH3 is 1. The van der Waals surface area contributed by atoms with E-state index in [4.69, 9.17) is 20.9 Å². The molecule has 5 aromatic rings. The van der Waals surface area contributed by atoms with Gasteiger partial charge in [0.25, 0.3) is 0 Å². The van der Waals surface area contributed by atoms with Crippen molar-refractivity contribution >= 4 is 49.0 Å². The summed E-state index contributed by atoms with van der Waals surface area (Å²) in [5.41, 5.74) is 7.74. The molecule has 6 rings (SSSR count). The van der Waals surface area contributed by atoms with Crippen molar-refractivity contribution in [1.82, 2.24) is 15.0 Å². The van der Waals surface area contributed by atoms with Gasteiger partial charge in [-0.2, -0.15) is 28.4 Å². The highest BCUT2D eigenvalue weighted by Crippen LogP contribution is 2.54. The van der Waals surface area contributed by atoms with Crippen LogP contribution in [0.5, 0.6) is 11.8 Å². The number of benzene rings is 2. The zero-order valence-corrected chi connectivity index (χ0v) is 23.5. The number of anilines is 3. The minimum atomic E-state index is -5.31. The van der Waals surface area contributed by atoms with Gasteiger partial charge in [0.05, 0.1) is 35.3 Å². The number of thiophene rings is 1. The Morgan fingerprint density at radius 2 is 1.91 bits per heavy atom. The standard InChI is InChI=1S/C28H19F6N7O2S/c1-10(11-4-3-5-38-24(11)36)41-6-7-43-22-17-21(39-27(42-2)40-26(17)41)20(31)16(18(22)28(32,33)34)12-8-14(29)19(30)23-15(12)13(9-35)25(37)44-23/h3-5,8,10H,6-7,37H2,1-2H3,(H2,36,38). The smallest absolute Gasteiger partial charge is 0.420 e. The van der Waals surface area contributed by atoms with Crippen molar-refractivity contribution in [2.24, 2.45) is 0 Å². The molecular formula is C28H19F6N7O2S. The van der Waals surface area contributed by atoms with E-state index in [0.717, 1.165) is 0 Å². The van der Waals surface area contributed by atoms with Crippen LogP contribution in [0.25, 0.3) is 32.1 Å². The molecule has 4 heterocycles. The Morgan fingerprint density at radius 1 is 1.16 bits per heavy atom. The van der Waals surface area contributed by atoms with Gasteiger partial charge in [-0.15, -0.1) is 11.3 Å². The van der Waals surface area contributed by atoms with Gasteiger partial charge in [-0.25, -0.2) is 18.2 Å². The van der Waals surface area contributed by atoms with Gasteiger partial charge in [-0.05, 0) is 24.6 Å². The van der Waals surface area contributed by atoms with Crippen LogP contribution in [-0.4, -0.2) is 35.2 Å². The number of nitriles is 1. The Hall–Kier alpha value is -5.04. The van der Waals surface area contributed by atoms with Crippen molar-refractivity contribution < 1.29 is 35.8 Å². The van der Waals surface area contributed by atoms with E-state index in [0.29, 0.717) is 23.0 Å². The van der Waals surface area contributed by atoms with E-state index in [-0.39, 0.29) is 29.8 Å². The molecule has 0 spiro atoms. The van der Waals surface area contributed by atoms with E-state index in [1.54, 1.807) is 30.0 Å². The molecule has 2 aromatic carbocycles. The quantitative estimate of drug-likeness (QED) is 0.218. The number of alkyl halides is 3. The molecule has 44 heavy (non-hydrogen) atoms. The second kappa shape index (κ2) is 10.3. The molecule has 9 nitrogen and oxygen atoms in total. The lowest BCUT2D eigenvalue weighted by Gasteiger charge is -2.30. The summed E-state index contributed by atoms with van der Waals surface area (Å²) in [5, 5.41) is 8.51. The molecule has 0 fully saturated rings. The minimum absolute atomic E-state index is 0.0389. The van der Waals surface area contributed by atoms with Crippen LogP contribution in [0.4, 0.5) is 43.0 Å². The Morgan fingerprint density at radius 3 is 2.57 bits per heavy atom. The summed E-state index contributed by atoms with van der Waals surface area (Å²) in [6, 6.07) is 4.36. The van der Waals surface area contributed by atoms with Crippen LogP contribution in [0.2, 0.25) is 0 Å². The zero-order valence-electron chi connectivity index (χ0n) is 22.7. The number of pyridine rings is 1. The van der Waals surface area contributed by atoms with Crippen LogP contribution in [0, 0.1) is 28.8 Å². The van der Waals surface area contributed by atoms with Crippen molar-refractivity contribution in [3.05, 3.63) is 58.5 Å². The molecule has 0 radical (unpaired) electrons. The number of rotatable bonds is 4. The van der Waals surface area contributed by atoms with E-state index in [1.807, 2.05) is 0 Å². The molecule has 4 N–H and O–H groups in total. The number of nitrogens with two attached hydrogens (primary N) is 2. The molecule has 0 saturated heterocycles. The minimum Gasteiger partial charge on any atom is -0.490 e. The first-order chi connectivity index (χ1) is 20.9. The van der Waals surface area contributed by atoms with E-state index >= 15 is 17.6 Å². The monoisotopic (exact) mass is 631 g/mol. The fraction of sp³-hybridized carbons (Fsp3) is 0.214. The molecule has 1 atom stereocenters. The molecule has 0 saturated carbocycles. The number of aromatic nitrogens is 3. The number of ether oxygens (including phenoxy) is 2. The van der Waals surface area contributed by atoms with Crippen LogP contribution in [0.3, 0.4) is 0 Å². The van der Waals surface area contributed by atoms with Crippen molar-refractivity contribution in [2.75, 3.05) is 36.6 Å². The van der Waals surface area contributed by atoms with E-state index in [1.165, 1.54) is 13.3 Å². The lowest BCUT2D eigenvalue weighted by atomic mass is 9.91. The molecule has 1 aliphatic heterocycles. The number of nitrogens with zero attached hydrogens (tertiary/aromatic N) is 5.